The molecule has 2 N–H and O–H groups in total. The summed E-state index contributed by atoms with van der Waals surface area (Å²) in [5.74, 6) is 0.778. The number of rotatable bonds is 1. The van der Waals surface area contributed by atoms with Crippen LogP contribution in [0.5, 0.6) is 0 Å². The van der Waals surface area contributed by atoms with Gasteiger partial charge in [-0.1, -0.05) is 0 Å². The second kappa shape index (κ2) is 2.76. The average molecular weight is 154 g/mol. The lowest BCUT2D eigenvalue weighted by Gasteiger charge is -2.15. The third-order valence-corrected chi connectivity index (χ3v) is 3.29. The van der Waals surface area contributed by atoms with E-state index < -0.39 is 0 Å². The molecule has 0 amide bonds. The zero-order chi connectivity index (χ0) is 7.84. The molecule has 2 aliphatic heterocycles. The van der Waals surface area contributed by atoms with Crippen molar-refractivity contribution < 1.29 is 0 Å². The SMILES string of the molecule is CC(N)C1CC2CCCN2C1. The molecule has 0 spiro atoms. The molecule has 3 atom stereocenters. The van der Waals surface area contributed by atoms with Gasteiger partial charge in [0, 0.05) is 18.6 Å². The fourth-order valence-corrected chi connectivity index (χ4v) is 2.51. The highest BCUT2D eigenvalue weighted by Crippen LogP contribution is 2.32. The Labute approximate surface area is 68.7 Å². The molecule has 0 aromatic carbocycles. The molecule has 0 radical (unpaired) electrons. The second-order valence-corrected chi connectivity index (χ2v) is 4.15. The molecule has 64 valence electrons. The highest BCUT2D eigenvalue weighted by molar-refractivity contribution is 4.91. The lowest BCUT2D eigenvalue weighted by molar-refractivity contribution is 0.313. The molecule has 2 saturated heterocycles. The summed E-state index contributed by atoms with van der Waals surface area (Å²) < 4.78 is 0. The van der Waals surface area contributed by atoms with Gasteiger partial charge in [-0.05, 0) is 38.6 Å². The van der Waals surface area contributed by atoms with Crippen LogP contribution in [0.15, 0.2) is 0 Å². The number of fused-ring (bicyclic) bond motifs is 1. The van der Waals surface area contributed by atoms with Crippen molar-refractivity contribution in [3.05, 3.63) is 0 Å². The van der Waals surface area contributed by atoms with Gasteiger partial charge < -0.3 is 10.6 Å². The van der Waals surface area contributed by atoms with E-state index in [-0.39, 0.29) is 0 Å². The highest BCUT2D eigenvalue weighted by atomic mass is 15.2. The van der Waals surface area contributed by atoms with Crippen LogP contribution < -0.4 is 5.73 Å². The zero-order valence-electron chi connectivity index (χ0n) is 7.29. The summed E-state index contributed by atoms with van der Waals surface area (Å²) in [7, 11) is 0. The van der Waals surface area contributed by atoms with Crippen molar-refractivity contribution in [2.24, 2.45) is 11.7 Å². The maximum Gasteiger partial charge on any atom is 0.00995 e. The molecule has 0 aliphatic carbocycles. The maximum absolute atomic E-state index is 5.87. The van der Waals surface area contributed by atoms with E-state index in [0.717, 1.165) is 12.0 Å². The first-order chi connectivity index (χ1) is 5.27. The summed E-state index contributed by atoms with van der Waals surface area (Å²) in [6, 6.07) is 1.30. The van der Waals surface area contributed by atoms with Gasteiger partial charge >= 0.3 is 0 Å². The lowest BCUT2D eigenvalue weighted by atomic mass is 9.97. The Balaban J connectivity index is 1.94. The first kappa shape index (κ1) is 7.56. The number of nitrogens with zero attached hydrogens (tertiary/aromatic N) is 1. The van der Waals surface area contributed by atoms with Crippen LogP contribution in [-0.4, -0.2) is 30.1 Å². The van der Waals surface area contributed by atoms with Crippen LogP contribution in [0.4, 0.5) is 0 Å². The summed E-state index contributed by atoms with van der Waals surface area (Å²) >= 11 is 0. The van der Waals surface area contributed by atoms with E-state index in [2.05, 4.69) is 11.8 Å². The first-order valence-electron chi connectivity index (χ1n) is 4.77. The van der Waals surface area contributed by atoms with Crippen LogP contribution in [0.1, 0.15) is 26.2 Å². The third kappa shape index (κ3) is 1.30. The minimum absolute atomic E-state index is 0.403. The molecule has 0 aromatic heterocycles. The summed E-state index contributed by atoms with van der Waals surface area (Å²) in [6.07, 6.45) is 4.19. The molecule has 0 saturated carbocycles. The molecule has 0 bridgehead atoms. The van der Waals surface area contributed by atoms with Crippen LogP contribution in [0.2, 0.25) is 0 Å². The Morgan fingerprint density at radius 2 is 2.36 bits per heavy atom. The zero-order valence-corrected chi connectivity index (χ0v) is 7.29. The van der Waals surface area contributed by atoms with E-state index in [4.69, 9.17) is 5.73 Å². The van der Waals surface area contributed by atoms with Crippen molar-refractivity contribution >= 4 is 0 Å². The third-order valence-electron chi connectivity index (χ3n) is 3.29. The van der Waals surface area contributed by atoms with Crippen LogP contribution >= 0.6 is 0 Å². The molecule has 2 heterocycles. The Morgan fingerprint density at radius 1 is 1.55 bits per heavy atom. The van der Waals surface area contributed by atoms with Crippen LogP contribution in [0, 0.1) is 5.92 Å². The highest BCUT2D eigenvalue weighted by Gasteiger charge is 2.36. The molecule has 3 unspecified atom stereocenters. The predicted octanol–water partition coefficient (Wildman–Crippen LogP) is 0.818. The van der Waals surface area contributed by atoms with Crippen molar-refractivity contribution in [2.45, 2.75) is 38.3 Å². The van der Waals surface area contributed by atoms with E-state index in [1.165, 1.54) is 32.4 Å². The smallest absolute Gasteiger partial charge is 0.00995 e. The van der Waals surface area contributed by atoms with Crippen molar-refractivity contribution in [1.29, 1.82) is 0 Å². The molecular weight excluding hydrogens is 136 g/mol. The Morgan fingerprint density at radius 3 is 3.00 bits per heavy atom. The summed E-state index contributed by atoms with van der Waals surface area (Å²) in [5, 5.41) is 0. The summed E-state index contributed by atoms with van der Waals surface area (Å²) in [4.78, 5) is 2.62. The van der Waals surface area contributed by atoms with E-state index in [1.54, 1.807) is 0 Å². The average Bonchev–Trinajstić information content (AvgIpc) is 2.40. The predicted molar refractivity (Wildman–Crippen MR) is 46.4 cm³/mol. The standard InChI is InChI=1S/C9H18N2/c1-7(10)8-5-9-3-2-4-11(9)6-8/h7-9H,2-6,10H2,1H3. The molecule has 2 rings (SSSR count). The van der Waals surface area contributed by atoms with Crippen LogP contribution in [0.25, 0.3) is 0 Å². The van der Waals surface area contributed by atoms with Gasteiger partial charge in [-0.2, -0.15) is 0 Å². The van der Waals surface area contributed by atoms with E-state index in [1.807, 2.05) is 0 Å². The number of hydrogen-bond acceptors (Lipinski definition) is 2. The van der Waals surface area contributed by atoms with Crippen molar-refractivity contribution in [3.8, 4) is 0 Å². The second-order valence-electron chi connectivity index (χ2n) is 4.15. The van der Waals surface area contributed by atoms with E-state index in [0.29, 0.717) is 6.04 Å². The maximum atomic E-state index is 5.87. The van der Waals surface area contributed by atoms with Crippen LogP contribution in [-0.2, 0) is 0 Å². The molecule has 2 aliphatic rings. The summed E-state index contributed by atoms with van der Waals surface area (Å²) in [5.41, 5.74) is 5.87. The molecular formula is C9H18N2. The Bertz CT molecular complexity index is 132. The quantitative estimate of drug-likeness (QED) is 0.606. The monoisotopic (exact) mass is 154 g/mol. The van der Waals surface area contributed by atoms with Gasteiger partial charge in [0.1, 0.15) is 0 Å². The van der Waals surface area contributed by atoms with Gasteiger partial charge in [0.15, 0.2) is 0 Å². The molecule has 2 nitrogen and oxygen atoms in total. The van der Waals surface area contributed by atoms with Crippen molar-refractivity contribution in [3.63, 3.8) is 0 Å². The van der Waals surface area contributed by atoms with Crippen molar-refractivity contribution in [1.82, 2.24) is 4.90 Å². The molecule has 2 heteroatoms. The normalized spacial score (nSPS) is 40.9. The lowest BCUT2D eigenvalue weighted by Crippen LogP contribution is -2.29. The largest absolute Gasteiger partial charge is 0.328 e. The molecule has 11 heavy (non-hydrogen) atoms. The first-order valence-corrected chi connectivity index (χ1v) is 4.77. The summed E-state index contributed by atoms with van der Waals surface area (Å²) in [6.45, 7) is 4.74. The fourth-order valence-electron chi connectivity index (χ4n) is 2.51. The number of hydrogen-bond donors (Lipinski definition) is 1. The van der Waals surface area contributed by atoms with Gasteiger partial charge in [-0.15, -0.1) is 0 Å². The van der Waals surface area contributed by atoms with Crippen LogP contribution in [0.3, 0.4) is 0 Å². The minimum Gasteiger partial charge on any atom is -0.328 e. The van der Waals surface area contributed by atoms with E-state index >= 15 is 0 Å². The van der Waals surface area contributed by atoms with Gasteiger partial charge in [0.25, 0.3) is 0 Å². The van der Waals surface area contributed by atoms with Gasteiger partial charge in [-0.3, -0.25) is 0 Å². The van der Waals surface area contributed by atoms with Crippen molar-refractivity contribution in [2.75, 3.05) is 13.1 Å². The Kier molecular flexibility index (Phi) is 1.90. The molecule has 2 fully saturated rings. The van der Waals surface area contributed by atoms with Gasteiger partial charge in [-0.25, -0.2) is 0 Å². The minimum atomic E-state index is 0.403. The van der Waals surface area contributed by atoms with Gasteiger partial charge in [0.2, 0.25) is 0 Å². The van der Waals surface area contributed by atoms with Gasteiger partial charge in [0.05, 0.1) is 0 Å². The number of nitrogens with two attached hydrogens (primary N) is 1. The Hall–Kier alpha value is -0.0800. The fraction of sp³-hybridized carbons (Fsp3) is 1.00. The van der Waals surface area contributed by atoms with E-state index in [9.17, 15) is 0 Å². The topological polar surface area (TPSA) is 29.3 Å². The molecule has 0 aromatic rings.